The summed E-state index contributed by atoms with van der Waals surface area (Å²) >= 11 is 5.82. The normalized spacial score (nSPS) is 11.0. The molecule has 0 unspecified atom stereocenters. The molecule has 0 fully saturated rings. The molecule has 3 heteroatoms. The van der Waals surface area contributed by atoms with Crippen molar-refractivity contribution < 1.29 is 4.74 Å². The molecule has 0 aliphatic heterocycles. The van der Waals surface area contributed by atoms with Crippen molar-refractivity contribution in [2.45, 2.75) is 19.9 Å². The molecule has 0 N–H and O–H groups in total. The van der Waals surface area contributed by atoms with Crippen LogP contribution < -0.4 is 0 Å². The number of benzene rings is 1. The molecule has 0 bridgehead atoms. The first-order valence-electron chi connectivity index (χ1n) is 6.26. The van der Waals surface area contributed by atoms with Gasteiger partial charge in [-0.15, -0.1) is 11.6 Å². The molecule has 0 saturated heterocycles. The number of nitrogens with zero attached hydrogens (tertiary/aromatic N) is 1. The summed E-state index contributed by atoms with van der Waals surface area (Å²) in [6, 6.07) is 10.5. The minimum atomic E-state index is 0.667. The van der Waals surface area contributed by atoms with Crippen LogP contribution in [0.25, 0.3) is 0 Å². The summed E-state index contributed by atoms with van der Waals surface area (Å²) < 4.78 is 5.51. The Morgan fingerprint density at radius 2 is 1.88 bits per heavy atom. The fourth-order valence-electron chi connectivity index (χ4n) is 1.67. The van der Waals surface area contributed by atoms with Crippen molar-refractivity contribution in [1.29, 1.82) is 0 Å². The predicted molar refractivity (Wildman–Crippen MR) is 73.5 cm³/mol. The van der Waals surface area contributed by atoms with Gasteiger partial charge in [0.25, 0.3) is 0 Å². The van der Waals surface area contributed by atoms with Crippen LogP contribution in [0.4, 0.5) is 0 Å². The van der Waals surface area contributed by atoms with Gasteiger partial charge in [-0.2, -0.15) is 0 Å². The average Bonchev–Trinajstić information content (AvgIpc) is 2.36. The Kier molecular flexibility index (Phi) is 8.06. The van der Waals surface area contributed by atoms with Crippen molar-refractivity contribution in [2.24, 2.45) is 0 Å². The van der Waals surface area contributed by atoms with Crippen LogP contribution >= 0.6 is 11.6 Å². The van der Waals surface area contributed by atoms with E-state index in [2.05, 4.69) is 36.1 Å². The van der Waals surface area contributed by atoms with E-state index in [0.717, 1.165) is 39.3 Å². The molecule has 0 heterocycles. The third-order valence-corrected chi connectivity index (χ3v) is 2.72. The Balaban J connectivity index is 2.32. The first kappa shape index (κ1) is 14.5. The van der Waals surface area contributed by atoms with Crippen molar-refractivity contribution in [3.63, 3.8) is 0 Å². The summed E-state index contributed by atoms with van der Waals surface area (Å²) in [4.78, 5) is 2.33. The standard InChI is InChI=1S/C14H22ClNO/c1-2-11-17-12-10-16(9-8-15)13-14-6-4-3-5-7-14/h3-7H,2,8-13H2,1H3. The molecule has 0 aliphatic carbocycles. The highest BCUT2D eigenvalue weighted by atomic mass is 35.5. The van der Waals surface area contributed by atoms with Crippen LogP contribution in [-0.2, 0) is 11.3 Å². The van der Waals surface area contributed by atoms with Crippen molar-refractivity contribution >= 4 is 11.6 Å². The SMILES string of the molecule is CCCOCCN(CCCl)Cc1ccccc1. The maximum atomic E-state index is 5.82. The lowest BCUT2D eigenvalue weighted by atomic mass is 10.2. The second-order valence-corrected chi connectivity index (χ2v) is 4.44. The highest BCUT2D eigenvalue weighted by Gasteiger charge is 2.04. The van der Waals surface area contributed by atoms with Gasteiger partial charge < -0.3 is 4.74 Å². The van der Waals surface area contributed by atoms with E-state index in [9.17, 15) is 0 Å². The number of alkyl halides is 1. The summed E-state index contributed by atoms with van der Waals surface area (Å²) in [7, 11) is 0. The molecular formula is C14H22ClNO. The summed E-state index contributed by atoms with van der Waals surface area (Å²) in [5.41, 5.74) is 1.33. The third-order valence-electron chi connectivity index (χ3n) is 2.55. The molecule has 1 rings (SSSR count). The monoisotopic (exact) mass is 255 g/mol. The largest absolute Gasteiger partial charge is 0.380 e. The van der Waals surface area contributed by atoms with E-state index in [-0.39, 0.29) is 0 Å². The lowest BCUT2D eigenvalue weighted by Crippen LogP contribution is -2.29. The number of halogens is 1. The Labute approximate surface area is 110 Å². The van der Waals surface area contributed by atoms with Gasteiger partial charge >= 0.3 is 0 Å². The quantitative estimate of drug-likeness (QED) is 0.497. The molecule has 0 aliphatic rings. The average molecular weight is 256 g/mol. The van der Waals surface area contributed by atoms with E-state index >= 15 is 0 Å². The number of rotatable bonds is 9. The van der Waals surface area contributed by atoms with Crippen LogP contribution in [0.15, 0.2) is 30.3 Å². The van der Waals surface area contributed by atoms with Crippen LogP contribution in [0.5, 0.6) is 0 Å². The van der Waals surface area contributed by atoms with Crippen LogP contribution in [0.1, 0.15) is 18.9 Å². The van der Waals surface area contributed by atoms with Gasteiger partial charge in [-0.1, -0.05) is 37.3 Å². The second-order valence-electron chi connectivity index (χ2n) is 4.06. The van der Waals surface area contributed by atoms with Crippen LogP contribution in [-0.4, -0.2) is 37.1 Å². The summed E-state index contributed by atoms with van der Waals surface area (Å²) in [5, 5.41) is 0. The number of hydrogen-bond acceptors (Lipinski definition) is 2. The van der Waals surface area contributed by atoms with Crippen molar-refractivity contribution in [3.8, 4) is 0 Å². The molecule has 1 aromatic rings. The highest BCUT2D eigenvalue weighted by Crippen LogP contribution is 2.04. The van der Waals surface area contributed by atoms with E-state index in [0.29, 0.717) is 5.88 Å². The van der Waals surface area contributed by atoms with E-state index in [1.807, 2.05) is 6.07 Å². The van der Waals surface area contributed by atoms with Gasteiger partial charge in [-0.25, -0.2) is 0 Å². The van der Waals surface area contributed by atoms with Crippen LogP contribution in [0, 0.1) is 0 Å². The van der Waals surface area contributed by atoms with Crippen molar-refractivity contribution in [3.05, 3.63) is 35.9 Å². The number of ether oxygens (including phenoxy) is 1. The van der Waals surface area contributed by atoms with Crippen LogP contribution in [0.3, 0.4) is 0 Å². The van der Waals surface area contributed by atoms with Gasteiger partial charge in [0.15, 0.2) is 0 Å². The van der Waals surface area contributed by atoms with Gasteiger partial charge in [0, 0.05) is 32.1 Å². The molecule has 1 aromatic carbocycles. The fourth-order valence-corrected chi connectivity index (χ4v) is 1.91. The lowest BCUT2D eigenvalue weighted by molar-refractivity contribution is 0.104. The van der Waals surface area contributed by atoms with Gasteiger partial charge in [0.1, 0.15) is 0 Å². The fraction of sp³-hybridized carbons (Fsp3) is 0.571. The summed E-state index contributed by atoms with van der Waals surface area (Å²) in [6.45, 7) is 6.56. The van der Waals surface area contributed by atoms with E-state index < -0.39 is 0 Å². The smallest absolute Gasteiger partial charge is 0.0593 e. The van der Waals surface area contributed by atoms with Crippen molar-refractivity contribution in [1.82, 2.24) is 4.90 Å². The van der Waals surface area contributed by atoms with Crippen molar-refractivity contribution in [2.75, 3.05) is 32.2 Å². The molecule has 96 valence electrons. The van der Waals surface area contributed by atoms with Gasteiger partial charge in [-0.3, -0.25) is 4.90 Å². The van der Waals surface area contributed by atoms with E-state index in [1.165, 1.54) is 5.56 Å². The second kappa shape index (κ2) is 9.46. The first-order valence-corrected chi connectivity index (χ1v) is 6.80. The Bertz CT molecular complexity index is 279. The molecule has 0 radical (unpaired) electrons. The van der Waals surface area contributed by atoms with Gasteiger partial charge in [0.2, 0.25) is 0 Å². The molecular weight excluding hydrogens is 234 g/mol. The first-order chi connectivity index (χ1) is 8.36. The Hall–Kier alpha value is -0.570. The zero-order valence-corrected chi connectivity index (χ0v) is 11.3. The number of hydrogen-bond donors (Lipinski definition) is 0. The molecule has 17 heavy (non-hydrogen) atoms. The molecule has 0 amide bonds. The predicted octanol–water partition coefficient (Wildman–Crippen LogP) is 3.15. The minimum absolute atomic E-state index is 0.667. The Morgan fingerprint density at radius 1 is 1.12 bits per heavy atom. The maximum absolute atomic E-state index is 5.82. The highest BCUT2D eigenvalue weighted by molar-refractivity contribution is 6.18. The molecule has 0 aromatic heterocycles. The van der Waals surface area contributed by atoms with Gasteiger partial charge in [-0.05, 0) is 12.0 Å². The molecule has 0 atom stereocenters. The third kappa shape index (κ3) is 6.67. The zero-order valence-electron chi connectivity index (χ0n) is 10.6. The van der Waals surface area contributed by atoms with E-state index in [4.69, 9.17) is 16.3 Å². The lowest BCUT2D eigenvalue weighted by Gasteiger charge is -2.21. The summed E-state index contributed by atoms with van der Waals surface area (Å²) in [5.74, 6) is 0.667. The zero-order chi connectivity index (χ0) is 12.3. The minimum Gasteiger partial charge on any atom is -0.380 e. The molecule has 0 spiro atoms. The van der Waals surface area contributed by atoms with E-state index in [1.54, 1.807) is 0 Å². The molecule has 0 saturated carbocycles. The Morgan fingerprint density at radius 3 is 2.53 bits per heavy atom. The summed E-state index contributed by atoms with van der Waals surface area (Å²) in [6.07, 6.45) is 1.08. The maximum Gasteiger partial charge on any atom is 0.0593 e. The van der Waals surface area contributed by atoms with Crippen LogP contribution in [0.2, 0.25) is 0 Å². The molecule has 2 nitrogen and oxygen atoms in total. The topological polar surface area (TPSA) is 12.5 Å². The van der Waals surface area contributed by atoms with Gasteiger partial charge in [0.05, 0.1) is 6.61 Å².